The first-order chi connectivity index (χ1) is 11.2. The van der Waals surface area contributed by atoms with Crippen molar-refractivity contribution in [3.05, 3.63) is 54.1 Å². The van der Waals surface area contributed by atoms with E-state index in [2.05, 4.69) is 11.4 Å². The summed E-state index contributed by atoms with van der Waals surface area (Å²) in [5, 5.41) is 3.41. The molecule has 0 saturated carbocycles. The molecule has 0 aliphatic heterocycles. The van der Waals surface area contributed by atoms with Crippen molar-refractivity contribution >= 4 is 5.69 Å². The zero-order chi connectivity index (χ0) is 16.5. The van der Waals surface area contributed by atoms with Crippen LogP contribution in [0.3, 0.4) is 0 Å². The largest absolute Gasteiger partial charge is 0.491 e. The van der Waals surface area contributed by atoms with Crippen LogP contribution in [-0.4, -0.2) is 26.4 Å². The highest BCUT2D eigenvalue weighted by atomic mass is 16.5. The summed E-state index contributed by atoms with van der Waals surface area (Å²) in [6.07, 6.45) is 0.166. The van der Waals surface area contributed by atoms with Crippen LogP contribution in [0.4, 0.5) is 5.69 Å². The van der Waals surface area contributed by atoms with Crippen molar-refractivity contribution in [1.29, 1.82) is 0 Å². The van der Waals surface area contributed by atoms with Gasteiger partial charge in [-0.2, -0.15) is 0 Å². The van der Waals surface area contributed by atoms with Crippen LogP contribution in [0.15, 0.2) is 48.5 Å². The highest BCUT2D eigenvalue weighted by Crippen LogP contribution is 2.22. The van der Waals surface area contributed by atoms with Crippen LogP contribution in [0.1, 0.15) is 19.4 Å². The molecule has 23 heavy (non-hydrogen) atoms. The minimum absolute atomic E-state index is 0.166. The maximum Gasteiger partial charge on any atom is 0.124 e. The number of ether oxygens (including phenoxy) is 3. The van der Waals surface area contributed by atoms with Crippen LogP contribution in [0.25, 0.3) is 0 Å². The third kappa shape index (κ3) is 5.83. The molecule has 2 rings (SSSR count). The molecule has 0 unspecified atom stereocenters. The Kier molecular flexibility index (Phi) is 6.76. The lowest BCUT2D eigenvalue weighted by atomic mass is 10.2. The molecule has 0 bridgehead atoms. The number of hydrogen-bond donors (Lipinski definition) is 1. The Labute approximate surface area is 138 Å². The predicted molar refractivity (Wildman–Crippen MR) is 93.3 cm³/mol. The van der Waals surface area contributed by atoms with E-state index in [0.29, 0.717) is 19.8 Å². The van der Waals surface area contributed by atoms with Gasteiger partial charge in [0.2, 0.25) is 0 Å². The van der Waals surface area contributed by atoms with E-state index in [1.807, 2.05) is 56.3 Å². The van der Waals surface area contributed by atoms with E-state index in [-0.39, 0.29) is 6.10 Å². The lowest BCUT2D eigenvalue weighted by Gasteiger charge is -2.15. The third-order valence-corrected chi connectivity index (χ3v) is 3.23. The third-order valence-electron chi connectivity index (χ3n) is 3.23. The van der Waals surface area contributed by atoms with Crippen LogP contribution in [0.5, 0.6) is 11.5 Å². The first-order valence-electron chi connectivity index (χ1n) is 7.89. The molecule has 124 valence electrons. The van der Waals surface area contributed by atoms with E-state index in [4.69, 9.17) is 14.2 Å². The molecule has 0 aliphatic rings. The summed E-state index contributed by atoms with van der Waals surface area (Å²) in [6.45, 7) is 5.93. The average molecular weight is 315 g/mol. The first kappa shape index (κ1) is 17.2. The van der Waals surface area contributed by atoms with E-state index >= 15 is 0 Å². The van der Waals surface area contributed by atoms with Crippen molar-refractivity contribution in [1.82, 2.24) is 0 Å². The number of nitrogens with one attached hydrogen (secondary N) is 1. The Morgan fingerprint density at radius 2 is 1.70 bits per heavy atom. The van der Waals surface area contributed by atoms with Crippen LogP contribution in [0, 0.1) is 0 Å². The minimum Gasteiger partial charge on any atom is -0.491 e. The van der Waals surface area contributed by atoms with E-state index in [1.165, 1.54) is 0 Å². The van der Waals surface area contributed by atoms with Crippen LogP contribution >= 0.6 is 0 Å². The first-order valence-corrected chi connectivity index (χ1v) is 7.89. The van der Waals surface area contributed by atoms with Crippen LogP contribution in [-0.2, 0) is 11.3 Å². The molecule has 2 aromatic carbocycles. The van der Waals surface area contributed by atoms with Crippen molar-refractivity contribution in [2.75, 3.05) is 25.6 Å². The van der Waals surface area contributed by atoms with Crippen molar-refractivity contribution in [3.63, 3.8) is 0 Å². The summed E-state index contributed by atoms with van der Waals surface area (Å²) in [4.78, 5) is 0. The smallest absolute Gasteiger partial charge is 0.124 e. The highest BCUT2D eigenvalue weighted by Gasteiger charge is 2.05. The summed E-state index contributed by atoms with van der Waals surface area (Å²) in [6, 6.07) is 16.0. The fourth-order valence-corrected chi connectivity index (χ4v) is 2.13. The second-order valence-corrected chi connectivity index (χ2v) is 5.49. The molecular formula is C19H25NO3. The van der Waals surface area contributed by atoms with Gasteiger partial charge in [-0.3, -0.25) is 0 Å². The quantitative estimate of drug-likeness (QED) is 0.707. The van der Waals surface area contributed by atoms with Crippen LogP contribution < -0.4 is 14.8 Å². The molecule has 0 fully saturated rings. The lowest BCUT2D eigenvalue weighted by molar-refractivity contribution is 0.146. The Hall–Kier alpha value is -2.20. The lowest BCUT2D eigenvalue weighted by Crippen LogP contribution is -2.09. The minimum atomic E-state index is 0.166. The summed E-state index contributed by atoms with van der Waals surface area (Å²) >= 11 is 0. The Morgan fingerprint density at radius 3 is 2.39 bits per heavy atom. The number of para-hydroxylation sites is 1. The zero-order valence-corrected chi connectivity index (χ0v) is 14.0. The standard InChI is InChI=1S/C19H25NO3/c1-15(2)23-19-7-5-4-6-16(19)14-20-17-8-10-18(11-9-17)22-13-12-21-3/h4-11,15,20H,12-14H2,1-3H3. The van der Waals surface area contributed by atoms with Crippen molar-refractivity contribution in [2.45, 2.75) is 26.5 Å². The average Bonchev–Trinajstić information content (AvgIpc) is 2.55. The highest BCUT2D eigenvalue weighted by molar-refractivity contribution is 5.47. The van der Waals surface area contributed by atoms with Gasteiger partial charge in [-0.25, -0.2) is 0 Å². The molecule has 0 aliphatic carbocycles. The molecule has 2 aromatic rings. The van der Waals surface area contributed by atoms with E-state index in [0.717, 1.165) is 22.7 Å². The van der Waals surface area contributed by atoms with E-state index in [1.54, 1.807) is 7.11 Å². The second kappa shape index (κ2) is 9.06. The fraction of sp³-hybridized carbons (Fsp3) is 0.368. The van der Waals surface area contributed by atoms with Gasteiger partial charge in [0.15, 0.2) is 0 Å². The van der Waals surface area contributed by atoms with E-state index in [9.17, 15) is 0 Å². The summed E-state index contributed by atoms with van der Waals surface area (Å²) in [5.41, 5.74) is 2.19. The molecule has 0 radical (unpaired) electrons. The van der Waals surface area contributed by atoms with Crippen molar-refractivity contribution in [3.8, 4) is 11.5 Å². The molecule has 0 amide bonds. The predicted octanol–water partition coefficient (Wildman–Crippen LogP) is 4.11. The van der Waals surface area contributed by atoms with Gasteiger partial charge < -0.3 is 19.5 Å². The van der Waals surface area contributed by atoms with Gasteiger partial charge in [-0.15, -0.1) is 0 Å². The SMILES string of the molecule is COCCOc1ccc(NCc2ccccc2OC(C)C)cc1. The van der Waals surface area contributed by atoms with Gasteiger partial charge in [0, 0.05) is 24.9 Å². The van der Waals surface area contributed by atoms with Gasteiger partial charge in [0.05, 0.1) is 12.7 Å². The molecule has 0 aromatic heterocycles. The van der Waals surface area contributed by atoms with Crippen LogP contribution in [0.2, 0.25) is 0 Å². The normalized spacial score (nSPS) is 10.6. The molecule has 4 nitrogen and oxygen atoms in total. The number of anilines is 1. The Bertz CT molecular complexity index is 581. The molecular weight excluding hydrogens is 290 g/mol. The molecule has 0 heterocycles. The Morgan fingerprint density at radius 1 is 0.957 bits per heavy atom. The molecule has 4 heteroatoms. The topological polar surface area (TPSA) is 39.7 Å². The zero-order valence-electron chi connectivity index (χ0n) is 14.0. The van der Waals surface area contributed by atoms with Crippen molar-refractivity contribution < 1.29 is 14.2 Å². The monoisotopic (exact) mass is 315 g/mol. The molecule has 0 spiro atoms. The van der Waals surface area contributed by atoms with Crippen molar-refractivity contribution in [2.24, 2.45) is 0 Å². The van der Waals surface area contributed by atoms with Gasteiger partial charge in [-0.05, 0) is 44.2 Å². The van der Waals surface area contributed by atoms with Gasteiger partial charge >= 0.3 is 0 Å². The number of benzene rings is 2. The van der Waals surface area contributed by atoms with E-state index < -0.39 is 0 Å². The van der Waals surface area contributed by atoms with Gasteiger partial charge in [-0.1, -0.05) is 18.2 Å². The van der Waals surface area contributed by atoms with Gasteiger partial charge in [0.1, 0.15) is 18.1 Å². The second-order valence-electron chi connectivity index (χ2n) is 5.49. The number of rotatable bonds is 9. The summed E-state index contributed by atoms with van der Waals surface area (Å²) in [7, 11) is 1.66. The molecule has 0 saturated heterocycles. The van der Waals surface area contributed by atoms with Gasteiger partial charge in [0.25, 0.3) is 0 Å². The maximum absolute atomic E-state index is 5.84. The number of methoxy groups -OCH3 is 1. The maximum atomic E-state index is 5.84. The summed E-state index contributed by atoms with van der Waals surface area (Å²) < 4.78 is 16.4. The molecule has 0 atom stereocenters. The molecule has 1 N–H and O–H groups in total. The Balaban J connectivity index is 1.91. The number of hydrogen-bond acceptors (Lipinski definition) is 4. The fourth-order valence-electron chi connectivity index (χ4n) is 2.13. The summed E-state index contributed by atoms with van der Waals surface area (Å²) in [5.74, 6) is 1.77.